The molecular weight excluding hydrogens is 536 g/mol. The minimum atomic E-state index is -0.851. The lowest BCUT2D eigenvalue weighted by molar-refractivity contribution is -0.133. The molecule has 0 heterocycles. The second kappa shape index (κ2) is 10.3. The normalized spacial score (nSPS) is 28.8. The van der Waals surface area contributed by atoms with Gasteiger partial charge in [0.2, 0.25) is 0 Å². The van der Waals surface area contributed by atoms with Crippen molar-refractivity contribution in [2.24, 2.45) is 22.7 Å². The van der Waals surface area contributed by atoms with Crippen LogP contribution in [0.1, 0.15) is 62.9 Å². The highest BCUT2D eigenvalue weighted by atomic mass is 16.5. The summed E-state index contributed by atoms with van der Waals surface area (Å²) in [7, 11) is 3.25. The van der Waals surface area contributed by atoms with Crippen molar-refractivity contribution in [3.05, 3.63) is 131 Å². The molecule has 5 nitrogen and oxygen atoms in total. The first kappa shape index (κ1) is 27.3. The number of methoxy groups -OCH3 is 2. The molecule has 0 saturated heterocycles. The summed E-state index contributed by atoms with van der Waals surface area (Å²) in [5.74, 6) is 0.0865. The molecule has 0 bridgehead atoms. The molecule has 43 heavy (non-hydrogen) atoms. The van der Waals surface area contributed by atoms with Gasteiger partial charge < -0.3 is 9.47 Å². The van der Waals surface area contributed by atoms with Gasteiger partial charge in [0.25, 0.3) is 0 Å². The molecule has 3 aliphatic carbocycles. The van der Waals surface area contributed by atoms with E-state index in [2.05, 4.69) is 0 Å². The first-order valence-corrected chi connectivity index (χ1v) is 15.0. The van der Waals surface area contributed by atoms with Gasteiger partial charge in [-0.1, -0.05) is 91.3 Å². The number of hydrogen-bond acceptors (Lipinski definition) is 5. The van der Waals surface area contributed by atoms with Crippen molar-refractivity contribution in [3.63, 3.8) is 0 Å². The lowest BCUT2D eigenvalue weighted by atomic mass is 9.69. The van der Waals surface area contributed by atoms with E-state index in [0.29, 0.717) is 24.0 Å². The van der Waals surface area contributed by atoms with Gasteiger partial charge in [0.15, 0.2) is 11.6 Å². The molecule has 2 spiro atoms. The van der Waals surface area contributed by atoms with Gasteiger partial charge in [0.05, 0.1) is 14.2 Å². The Morgan fingerprint density at radius 3 is 1.30 bits per heavy atom. The zero-order valence-electron chi connectivity index (χ0n) is 24.4. The van der Waals surface area contributed by atoms with Crippen LogP contribution >= 0.6 is 0 Å². The summed E-state index contributed by atoms with van der Waals surface area (Å²) in [6.07, 6.45) is 2.05. The number of benzene rings is 4. The van der Waals surface area contributed by atoms with Crippen molar-refractivity contribution >= 4 is 17.3 Å². The molecule has 4 aromatic rings. The van der Waals surface area contributed by atoms with Crippen molar-refractivity contribution in [2.45, 2.75) is 31.1 Å². The minimum Gasteiger partial charge on any atom is -0.497 e. The lowest BCUT2D eigenvalue weighted by Crippen LogP contribution is -2.37. The number of carbonyl (C=O) groups excluding carboxylic acids is 3. The zero-order chi connectivity index (χ0) is 29.8. The first-order valence-electron chi connectivity index (χ1n) is 15.0. The molecule has 3 saturated carbocycles. The summed E-state index contributed by atoms with van der Waals surface area (Å²) in [5.41, 5.74) is 1.47. The maximum Gasteiger partial charge on any atom is 0.167 e. The smallest absolute Gasteiger partial charge is 0.167 e. The SMILES string of the molecule is COc1ccc(C2C(C(=O)c3ccccc3)C23CCCC2(C3=O)C(C(=O)c3ccccc3)C2c2ccc(OC)cc2)cc1. The molecule has 0 amide bonds. The molecule has 216 valence electrons. The van der Waals surface area contributed by atoms with Crippen LogP contribution in [0.3, 0.4) is 0 Å². The van der Waals surface area contributed by atoms with Crippen molar-refractivity contribution in [1.29, 1.82) is 0 Å². The van der Waals surface area contributed by atoms with Crippen LogP contribution in [-0.4, -0.2) is 31.6 Å². The molecule has 6 atom stereocenters. The number of carbonyl (C=O) groups is 3. The number of rotatable bonds is 8. The summed E-state index contributed by atoms with van der Waals surface area (Å²) in [6.45, 7) is 0. The van der Waals surface area contributed by atoms with Crippen molar-refractivity contribution < 1.29 is 23.9 Å². The summed E-state index contributed by atoms with van der Waals surface area (Å²) in [6, 6.07) is 34.1. The molecule has 3 aliphatic rings. The van der Waals surface area contributed by atoms with Gasteiger partial charge >= 0.3 is 0 Å². The highest BCUT2D eigenvalue weighted by molar-refractivity contribution is 6.14. The van der Waals surface area contributed by atoms with Gasteiger partial charge in [-0.05, 0) is 48.2 Å². The van der Waals surface area contributed by atoms with E-state index < -0.39 is 22.7 Å². The van der Waals surface area contributed by atoms with Gasteiger partial charge in [-0.2, -0.15) is 0 Å². The monoisotopic (exact) mass is 570 g/mol. The molecule has 0 aliphatic heterocycles. The number of ketones is 3. The topological polar surface area (TPSA) is 69.7 Å². The largest absolute Gasteiger partial charge is 0.497 e. The Balaban J connectivity index is 1.33. The minimum absolute atomic E-state index is 0.000554. The maximum atomic E-state index is 15.2. The summed E-state index contributed by atoms with van der Waals surface area (Å²) < 4.78 is 10.8. The number of hydrogen-bond donors (Lipinski definition) is 0. The van der Waals surface area contributed by atoms with Gasteiger partial charge in [0.1, 0.15) is 17.3 Å². The molecule has 0 aromatic heterocycles. The van der Waals surface area contributed by atoms with E-state index in [4.69, 9.17) is 9.47 Å². The van der Waals surface area contributed by atoms with E-state index in [9.17, 15) is 9.59 Å². The molecule has 5 heteroatoms. The van der Waals surface area contributed by atoms with Gasteiger partial charge in [0, 0.05) is 45.6 Å². The van der Waals surface area contributed by atoms with E-state index in [0.717, 1.165) is 29.0 Å². The van der Waals surface area contributed by atoms with Crippen molar-refractivity contribution in [3.8, 4) is 11.5 Å². The molecule has 6 unspecified atom stereocenters. The molecule has 7 rings (SSSR count). The van der Waals surface area contributed by atoms with Crippen LogP contribution in [0, 0.1) is 22.7 Å². The van der Waals surface area contributed by atoms with Crippen molar-refractivity contribution in [2.75, 3.05) is 14.2 Å². The van der Waals surface area contributed by atoms with E-state index >= 15 is 4.79 Å². The quantitative estimate of drug-likeness (QED) is 0.208. The van der Waals surface area contributed by atoms with Crippen LogP contribution < -0.4 is 9.47 Å². The predicted octanol–water partition coefficient (Wildman–Crippen LogP) is 7.32. The van der Waals surface area contributed by atoms with Crippen LogP contribution in [0.4, 0.5) is 0 Å². The van der Waals surface area contributed by atoms with Crippen LogP contribution in [-0.2, 0) is 4.79 Å². The molecule has 0 N–H and O–H groups in total. The zero-order valence-corrected chi connectivity index (χ0v) is 24.4. The Kier molecular flexibility index (Phi) is 6.57. The van der Waals surface area contributed by atoms with Crippen LogP contribution in [0.15, 0.2) is 109 Å². The highest BCUT2D eigenvalue weighted by Gasteiger charge is 2.83. The van der Waals surface area contributed by atoms with Crippen LogP contribution in [0.2, 0.25) is 0 Å². The van der Waals surface area contributed by atoms with Crippen LogP contribution in [0.25, 0.3) is 0 Å². The molecule has 0 radical (unpaired) electrons. The fourth-order valence-electron chi connectivity index (χ4n) is 8.34. The second-order valence-corrected chi connectivity index (χ2v) is 12.2. The third-order valence-corrected chi connectivity index (χ3v) is 10.3. The first-order chi connectivity index (χ1) is 21.0. The lowest BCUT2D eigenvalue weighted by Gasteiger charge is -2.31. The van der Waals surface area contributed by atoms with Crippen molar-refractivity contribution in [1.82, 2.24) is 0 Å². The average Bonchev–Trinajstić information content (AvgIpc) is 3.94. The molecule has 4 aromatic carbocycles. The summed E-state index contributed by atoms with van der Waals surface area (Å²) in [4.78, 5) is 43.6. The number of Topliss-reactive ketones (excluding diaryl/α,β-unsaturated/α-hetero) is 3. The maximum absolute atomic E-state index is 15.2. The fraction of sp³-hybridized carbons (Fsp3) is 0.289. The standard InChI is InChI=1S/C38H34O5/c1-42-28-18-14-24(15-19-28)30-32(34(39)26-10-5-3-6-11-26)37(30)22-9-23-38(36(37)41)31(25-16-20-29(43-2)21-17-25)33(38)35(40)27-12-7-4-8-13-27/h3-8,10-21,30-33H,9,22-23H2,1-2H3. The fourth-order valence-corrected chi connectivity index (χ4v) is 8.34. The van der Waals surface area contributed by atoms with E-state index in [1.54, 1.807) is 14.2 Å². The average molecular weight is 571 g/mol. The Morgan fingerprint density at radius 2 is 0.953 bits per heavy atom. The van der Waals surface area contributed by atoms with E-state index in [1.165, 1.54) is 0 Å². The third-order valence-electron chi connectivity index (χ3n) is 10.3. The Hall–Kier alpha value is -4.51. The Labute approximate surface area is 251 Å². The third kappa shape index (κ3) is 4.09. The Bertz CT molecular complexity index is 1550. The molecular formula is C38H34O5. The summed E-state index contributed by atoms with van der Waals surface area (Å²) in [5, 5.41) is 0. The van der Waals surface area contributed by atoms with E-state index in [1.807, 2.05) is 109 Å². The van der Waals surface area contributed by atoms with E-state index in [-0.39, 0.29) is 29.2 Å². The highest BCUT2D eigenvalue weighted by Crippen LogP contribution is 2.80. The molecule has 3 fully saturated rings. The predicted molar refractivity (Wildman–Crippen MR) is 164 cm³/mol. The van der Waals surface area contributed by atoms with Gasteiger partial charge in [-0.3, -0.25) is 14.4 Å². The van der Waals surface area contributed by atoms with Crippen LogP contribution in [0.5, 0.6) is 11.5 Å². The second-order valence-electron chi connectivity index (χ2n) is 12.2. The number of ether oxygens (including phenoxy) is 2. The van der Waals surface area contributed by atoms with Gasteiger partial charge in [-0.15, -0.1) is 0 Å². The summed E-state index contributed by atoms with van der Waals surface area (Å²) >= 11 is 0. The van der Waals surface area contributed by atoms with Gasteiger partial charge in [-0.25, -0.2) is 0 Å². The Morgan fingerprint density at radius 1 is 0.581 bits per heavy atom.